The highest BCUT2D eigenvalue weighted by Crippen LogP contribution is 2.31. The van der Waals surface area contributed by atoms with E-state index in [0.29, 0.717) is 5.82 Å². The molecule has 1 saturated heterocycles. The molecule has 2 aromatic rings. The number of H-pyrrole nitrogens is 1. The molecule has 0 radical (unpaired) electrons. The molecule has 21 heavy (non-hydrogen) atoms. The fourth-order valence-corrected chi connectivity index (χ4v) is 3.33. The first-order valence-corrected chi connectivity index (χ1v) is 7.33. The number of ether oxygens (including phenoxy) is 1. The van der Waals surface area contributed by atoms with Gasteiger partial charge in [0.2, 0.25) is 0 Å². The van der Waals surface area contributed by atoms with Crippen molar-refractivity contribution >= 4 is 21.7 Å². The van der Waals surface area contributed by atoms with Crippen molar-refractivity contribution in [1.29, 1.82) is 0 Å². The predicted octanol–water partition coefficient (Wildman–Crippen LogP) is -0.516. The molecule has 0 bridgehead atoms. The number of aryl methyl sites for hydroxylation is 1. The maximum atomic E-state index is 12.1. The van der Waals surface area contributed by atoms with Gasteiger partial charge in [-0.3, -0.25) is 14.2 Å². The van der Waals surface area contributed by atoms with E-state index in [4.69, 9.17) is 4.74 Å². The van der Waals surface area contributed by atoms with Gasteiger partial charge in [0.15, 0.2) is 11.9 Å². The van der Waals surface area contributed by atoms with Crippen LogP contribution in [0.25, 0.3) is 10.3 Å². The third kappa shape index (κ3) is 2.31. The van der Waals surface area contributed by atoms with Crippen LogP contribution in [0.4, 0.5) is 0 Å². The summed E-state index contributed by atoms with van der Waals surface area (Å²) in [6.45, 7) is 3.17. The van der Waals surface area contributed by atoms with Gasteiger partial charge in [0.05, 0.1) is 12.2 Å². The number of rotatable bonds is 2. The smallest absolute Gasteiger partial charge is 0.311 e. The summed E-state index contributed by atoms with van der Waals surface area (Å²) in [6.07, 6.45) is -2.99. The van der Waals surface area contributed by atoms with Gasteiger partial charge in [-0.05, 0) is 13.8 Å². The van der Waals surface area contributed by atoms with Crippen LogP contribution < -0.4 is 10.4 Å². The number of aliphatic hydroxyl groups excluding tert-OH is 2. The molecule has 1 aliphatic heterocycles. The lowest BCUT2D eigenvalue weighted by Gasteiger charge is -2.17. The molecule has 0 amide bonds. The van der Waals surface area contributed by atoms with Gasteiger partial charge in [-0.25, -0.2) is 4.98 Å². The zero-order valence-electron chi connectivity index (χ0n) is 11.4. The van der Waals surface area contributed by atoms with Gasteiger partial charge in [0.1, 0.15) is 16.6 Å². The third-order valence-electron chi connectivity index (χ3n) is 3.50. The number of aromatic amines is 1. The summed E-state index contributed by atoms with van der Waals surface area (Å²) in [5, 5.41) is 19.7. The molecule has 8 nitrogen and oxygen atoms in total. The Kier molecular flexibility index (Phi) is 3.44. The Hall–Kier alpha value is -1.55. The first kappa shape index (κ1) is 14.4. The molecule has 1 aliphatic rings. The van der Waals surface area contributed by atoms with Crippen molar-refractivity contribution in [2.75, 3.05) is 0 Å². The molecule has 3 rings (SSSR count). The number of thiazole rings is 1. The number of nitrogens with one attached hydrogen (secondary N) is 1. The molecule has 1 fully saturated rings. The zero-order chi connectivity index (χ0) is 15.3. The van der Waals surface area contributed by atoms with Crippen LogP contribution in [0.5, 0.6) is 0 Å². The maximum absolute atomic E-state index is 12.1. The maximum Gasteiger partial charge on any atom is 0.311 e. The Balaban J connectivity index is 2.15. The second-order valence-corrected chi connectivity index (χ2v) is 6.11. The lowest BCUT2D eigenvalue weighted by atomic mass is 10.1. The van der Waals surface area contributed by atoms with Gasteiger partial charge in [-0.15, -0.1) is 0 Å². The van der Waals surface area contributed by atoms with Gasteiger partial charge in [-0.1, -0.05) is 11.3 Å². The van der Waals surface area contributed by atoms with E-state index in [9.17, 15) is 19.8 Å². The molecular formula is C12H15N3O5S. The minimum atomic E-state index is -0.945. The Morgan fingerprint density at radius 2 is 2.24 bits per heavy atom. The molecule has 0 aromatic carbocycles. The SMILES string of the molecule is Cc1nc2c(sc(=O)n2C2OC(C(C)O)CC2O)c(=O)[nH]1. The predicted molar refractivity (Wildman–Crippen MR) is 75.5 cm³/mol. The van der Waals surface area contributed by atoms with E-state index < -0.39 is 35.0 Å². The van der Waals surface area contributed by atoms with Crippen molar-refractivity contribution in [2.24, 2.45) is 0 Å². The average molecular weight is 313 g/mol. The van der Waals surface area contributed by atoms with E-state index in [1.807, 2.05) is 0 Å². The number of nitrogens with zero attached hydrogens (tertiary/aromatic N) is 2. The van der Waals surface area contributed by atoms with E-state index in [1.54, 1.807) is 13.8 Å². The summed E-state index contributed by atoms with van der Waals surface area (Å²) in [7, 11) is 0. The molecule has 3 heterocycles. The highest BCUT2D eigenvalue weighted by atomic mass is 32.1. The minimum absolute atomic E-state index is 0.196. The highest BCUT2D eigenvalue weighted by molar-refractivity contribution is 7.16. The Labute approximate surface area is 122 Å². The van der Waals surface area contributed by atoms with Gasteiger partial charge >= 0.3 is 4.87 Å². The van der Waals surface area contributed by atoms with Crippen molar-refractivity contribution in [2.45, 2.75) is 44.8 Å². The van der Waals surface area contributed by atoms with Crippen LogP contribution in [0.1, 0.15) is 25.4 Å². The number of aliphatic hydroxyl groups is 2. The summed E-state index contributed by atoms with van der Waals surface area (Å²) in [5.74, 6) is 0.374. The fourth-order valence-electron chi connectivity index (χ4n) is 2.49. The van der Waals surface area contributed by atoms with Crippen LogP contribution in [-0.2, 0) is 4.74 Å². The molecule has 2 aromatic heterocycles. The van der Waals surface area contributed by atoms with E-state index in [1.165, 1.54) is 4.57 Å². The normalized spacial score (nSPS) is 27.3. The summed E-state index contributed by atoms with van der Waals surface area (Å²) >= 11 is 0.760. The number of aromatic nitrogens is 3. The zero-order valence-corrected chi connectivity index (χ0v) is 12.3. The highest BCUT2D eigenvalue weighted by Gasteiger charge is 2.39. The minimum Gasteiger partial charge on any atom is -0.391 e. The molecule has 4 unspecified atom stereocenters. The van der Waals surface area contributed by atoms with Crippen LogP contribution >= 0.6 is 11.3 Å². The Morgan fingerprint density at radius 3 is 2.86 bits per heavy atom. The molecule has 3 N–H and O–H groups in total. The quantitative estimate of drug-likeness (QED) is 0.687. The van der Waals surface area contributed by atoms with Crippen molar-refractivity contribution in [3.63, 3.8) is 0 Å². The van der Waals surface area contributed by atoms with Crippen molar-refractivity contribution in [3.05, 3.63) is 25.8 Å². The van der Waals surface area contributed by atoms with Crippen molar-refractivity contribution < 1.29 is 14.9 Å². The number of hydrogen-bond acceptors (Lipinski definition) is 7. The summed E-state index contributed by atoms with van der Waals surface area (Å²) in [5.41, 5.74) is -0.195. The van der Waals surface area contributed by atoms with Crippen molar-refractivity contribution in [1.82, 2.24) is 14.5 Å². The van der Waals surface area contributed by atoms with Crippen molar-refractivity contribution in [3.8, 4) is 0 Å². The molecular weight excluding hydrogens is 298 g/mol. The fraction of sp³-hybridized carbons (Fsp3) is 0.583. The molecule has 9 heteroatoms. The second kappa shape index (κ2) is 5.02. The lowest BCUT2D eigenvalue weighted by molar-refractivity contribution is -0.0701. The van der Waals surface area contributed by atoms with E-state index in [2.05, 4.69) is 9.97 Å². The van der Waals surface area contributed by atoms with Crippen LogP contribution in [0.2, 0.25) is 0 Å². The second-order valence-electron chi connectivity index (χ2n) is 5.15. The molecule has 0 spiro atoms. The van der Waals surface area contributed by atoms with Crippen LogP contribution in [0, 0.1) is 6.92 Å². The summed E-state index contributed by atoms with van der Waals surface area (Å²) in [4.78, 5) is 30.3. The van der Waals surface area contributed by atoms with Crippen LogP contribution in [0.3, 0.4) is 0 Å². The number of hydrogen-bond donors (Lipinski definition) is 3. The monoisotopic (exact) mass is 313 g/mol. The average Bonchev–Trinajstić information content (AvgIpc) is 2.90. The molecule has 114 valence electrons. The van der Waals surface area contributed by atoms with E-state index in [0.717, 1.165) is 11.3 Å². The van der Waals surface area contributed by atoms with Gasteiger partial charge < -0.3 is 19.9 Å². The topological polar surface area (TPSA) is 117 Å². The first-order chi connectivity index (χ1) is 9.88. The van der Waals surface area contributed by atoms with Gasteiger partial charge in [0, 0.05) is 6.42 Å². The lowest BCUT2D eigenvalue weighted by Crippen LogP contribution is -2.28. The van der Waals surface area contributed by atoms with Crippen LogP contribution in [0.15, 0.2) is 9.59 Å². The number of fused-ring (bicyclic) bond motifs is 1. The summed E-state index contributed by atoms with van der Waals surface area (Å²) < 4.78 is 6.95. The molecule has 4 atom stereocenters. The van der Waals surface area contributed by atoms with Gasteiger partial charge in [-0.2, -0.15) is 0 Å². The first-order valence-electron chi connectivity index (χ1n) is 6.52. The molecule has 0 aliphatic carbocycles. The Bertz CT molecular complexity index is 792. The van der Waals surface area contributed by atoms with Crippen LogP contribution in [-0.4, -0.2) is 43.1 Å². The van der Waals surface area contributed by atoms with Gasteiger partial charge in [0.25, 0.3) is 5.56 Å². The third-order valence-corrected chi connectivity index (χ3v) is 4.44. The summed E-state index contributed by atoms with van der Waals surface area (Å²) in [6, 6.07) is 0. The van der Waals surface area contributed by atoms with E-state index >= 15 is 0 Å². The largest absolute Gasteiger partial charge is 0.391 e. The standard InChI is InChI=1S/C12H15N3O5S/c1-4(16)7-3-6(17)11(20-7)15-9-8(21-12(15)19)10(18)14-5(2)13-9/h4,6-7,11,16-17H,3H2,1-2H3,(H,13,14,18). The molecule has 0 saturated carbocycles. The van der Waals surface area contributed by atoms with E-state index in [-0.39, 0.29) is 16.8 Å². The Morgan fingerprint density at radius 1 is 1.52 bits per heavy atom.